The molecule has 1 aliphatic rings. The number of hydrogen-bond acceptors (Lipinski definition) is 12. The van der Waals surface area contributed by atoms with E-state index in [0.29, 0.717) is 52.1 Å². The van der Waals surface area contributed by atoms with Crippen LogP contribution in [-0.4, -0.2) is 116 Å². The first kappa shape index (κ1) is 40.4. The highest BCUT2D eigenvalue weighted by molar-refractivity contribution is 7.67. The van der Waals surface area contributed by atoms with Crippen molar-refractivity contribution in [2.45, 2.75) is 57.0 Å². The summed E-state index contributed by atoms with van der Waals surface area (Å²) in [6.45, 7) is 5.99. The number of rotatable bonds is 15. The van der Waals surface area contributed by atoms with E-state index >= 15 is 0 Å². The first-order valence-corrected chi connectivity index (χ1v) is 18.9. The van der Waals surface area contributed by atoms with Gasteiger partial charge in [-0.15, -0.1) is 0 Å². The molecule has 3 rings (SSSR count). The first-order valence-electron chi connectivity index (χ1n) is 15.9. The molecule has 0 aliphatic carbocycles. The van der Waals surface area contributed by atoms with Gasteiger partial charge < -0.3 is 44.3 Å². The number of ether oxygens (including phenoxy) is 1. The predicted molar refractivity (Wildman–Crippen MR) is 180 cm³/mol. The van der Waals surface area contributed by atoms with E-state index in [1.165, 1.54) is 18.6 Å². The van der Waals surface area contributed by atoms with Crippen molar-refractivity contribution < 1.29 is 52.6 Å². The Kier molecular flexibility index (Phi) is 17.0. The molecule has 2 heterocycles. The van der Waals surface area contributed by atoms with Crippen LogP contribution in [0.1, 0.15) is 49.2 Å². The second-order valence-corrected chi connectivity index (χ2v) is 15.0. The van der Waals surface area contributed by atoms with Gasteiger partial charge in [0.25, 0.3) is 5.91 Å². The first-order chi connectivity index (χ1) is 23.3. The summed E-state index contributed by atoms with van der Waals surface area (Å²) in [6, 6.07) is 8.43. The van der Waals surface area contributed by atoms with E-state index in [4.69, 9.17) is 14.0 Å². The molecule has 49 heavy (non-hydrogen) atoms. The number of aromatic nitrogens is 2. The number of carbonyl (C=O) groups excluding carboxylic acids is 3. The minimum Gasteiger partial charge on any atom is -0.448 e. The standard InChI is InChI=1S/C29H45BN6O11P2/c1-21(2)18-25(34-26(37)23(19-22-8-4-3-5-9-22)33-27(38)24-20-31-10-11-32-24)30-46-15-6-12-36(13-7-16-47-30)14-17-45-28(39)35-29(48(40)41)49(42,43)44/h3-5,8-11,20-21,23,25,29,40-41H,6-7,12-19H2,1-2H3,(H,33,38)(H,34,37)(H,35,39)(H2,42,43,44)/t23-,25-,29?/m1/s1. The van der Waals surface area contributed by atoms with Gasteiger partial charge in [0.05, 0.1) is 12.1 Å². The van der Waals surface area contributed by atoms with Gasteiger partial charge in [0.1, 0.15) is 18.3 Å². The molecule has 7 N–H and O–H groups in total. The van der Waals surface area contributed by atoms with Gasteiger partial charge in [-0.3, -0.25) is 29.4 Å². The van der Waals surface area contributed by atoms with Crippen LogP contribution >= 0.6 is 16.0 Å². The number of carbonyl (C=O) groups is 3. The topological polar surface area (TPSA) is 242 Å². The van der Waals surface area contributed by atoms with Crippen molar-refractivity contribution in [3.8, 4) is 0 Å². The van der Waals surface area contributed by atoms with E-state index in [2.05, 4.69) is 20.6 Å². The third kappa shape index (κ3) is 14.8. The average molecular weight is 726 g/mol. The van der Waals surface area contributed by atoms with Crippen LogP contribution in [0.5, 0.6) is 0 Å². The summed E-state index contributed by atoms with van der Waals surface area (Å²) in [5, 5.41) is 7.68. The van der Waals surface area contributed by atoms with Gasteiger partial charge in [0.2, 0.25) is 19.8 Å². The molecule has 0 saturated carbocycles. The fraction of sp³-hybridized carbons (Fsp3) is 0.552. The van der Waals surface area contributed by atoms with E-state index in [1.807, 2.05) is 49.1 Å². The summed E-state index contributed by atoms with van der Waals surface area (Å²) in [6.07, 6.45) is 4.97. The van der Waals surface area contributed by atoms with Crippen molar-refractivity contribution in [1.29, 1.82) is 0 Å². The smallest absolute Gasteiger partial charge is 0.448 e. The maximum absolute atomic E-state index is 13.8. The van der Waals surface area contributed by atoms with Crippen LogP contribution in [0.25, 0.3) is 0 Å². The molecule has 20 heteroatoms. The Hall–Kier alpha value is -3.05. The molecule has 0 bridgehead atoms. The van der Waals surface area contributed by atoms with Crippen molar-refractivity contribution in [3.63, 3.8) is 0 Å². The summed E-state index contributed by atoms with van der Waals surface area (Å²) in [5.41, 5.74) is -1.20. The number of nitrogens with one attached hydrogen (secondary N) is 3. The zero-order chi connectivity index (χ0) is 35.8. The van der Waals surface area contributed by atoms with Crippen LogP contribution in [0.15, 0.2) is 48.9 Å². The van der Waals surface area contributed by atoms with Crippen LogP contribution in [0.2, 0.25) is 0 Å². The van der Waals surface area contributed by atoms with Gasteiger partial charge in [-0.25, -0.2) is 9.78 Å². The van der Waals surface area contributed by atoms with Crippen molar-refractivity contribution in [1.82, 2.24) is 30.8 Å². The molecule has 1 fully saturated rings. The molecule has 1 aromatic carbocycles. The van der Waals surface area contributed by atoms with Gasteiger partial charge >= 0.3 is 20.8 Å². The van der Waals surface area contributed by atoms with E-state index in [9.17, 15) is 38.5 Å². The minimum atomic E-state index is -5.00. The van der Waals surface area contributed by atoms with Crippen molar-refractivity contribution in [3.05, 3.63) is 60.2 Å². The lowest BCUT2D eigenvalue weighted by molar-refractivity contribution is -0.123. The summed E-state index contributed by atoms with van der Waals surface area (Å²) in [4.78, 5) is 85.5. The zero-order valence-electron chi connectivity index (χ0n) is 27.5. The molecule has 2 aromatic rings. The SMILES string of the molecule is CC(C)C[C@@H](NC(=O)[C@@H](Cc1ccccc1)NC(=O)c1cnccn1)B1OCCCN(CCOC(=O)NC(P(O)O)P(=O)(O)O)CCCO1. The van der Waals surface area contributed by atoms with Crippen LogP contribution in [0.3, 0.4) is 0 Å². The normalized spacial score (nSPS) is 16.8. The van der Waals surface area contributed by atoms with E-state index < -0.39 is 58.5 Å². The van der Waals surface area contributed by atoms with E-state index in [1.54, 1.807) is 5.32 Å². The monoisotopic (exact) mass is 726 g/mol. The number of benzene rings is 1. The lowest BCUT2D eigenvalue weighted by Crippen LogP contribution is -2.56. The third-order valence-electron chi connectivity index (χ3n) is 7.31. The molecule has 1 unspecified atom stereocenters. The zero-order valence-corrected chi connectivity index (χ0v) is 29.2. The molecule has 0 spiro atoms. The maximum Gasteiger partial charge on any atom is 0.480 e. The number of nitrogens with zero attached hydrogens (tertiary/aromatic N) is 3. The van der Waals surface area contributed by atoms with E-state index in [-0.39, 0.29) is 24.6 Å². The fourth-order valence-electron chi connectivity index (χ4n) is 5.02. The maximum atomic E-state index is 13.8. The highest BCUT2D eigenvalue weighted by Crippen LogP contribution is 2.53. The summed E-state index contributed by atoms with van der Waals surface area (Å²) in [5.74, 6) is -1.26. The Balaban J connectivity index is 1.58. The molecule has 3 atom stereocenters. The van der Waals surface area contributed by atoms with Crippen LogP contribution in [-0.2, 0) is 29.8 Å². The molecule has 270 valence electrons. The highest BCUT2D eigenvalue weighted by atomic mass is 31.2. The van der Waals surface area contributed by atoms with Crippen molar-refractivity contribution >= 4 is 41.0 Å². The second-order valence-electron chi connectivity index (χ2n) is 11.8. The summed E-state index contributed by atoms with van der Waals surface area (Å²) >= 11 is 0. The number of hydrogen-bond donors (Lipinski definition) is 7. The molecule has 1 saturated heterocycles. The predicted octanol–water partition coefficient (Wildman–Crippen LogP) is 0.989. The molecular formula is C29H45BN6O11P2. The van der Waals surface area contributed by atoms with Gasteiger partial charge in [0.15, 0.2) is 0 Å². The largest absolute Gasteiger partial charge is 0.480 e. The molecule has 0 radical (unpaired) electrons. The van der Waals surface area contributed by atoms with Gasteiger partial charge in [0, 0.05) is 51.7 Å². The highest BCUT2D eigenvalue weighted by Gasteiger charge is 2.38. The average Bonchev–Trinajstić information content (AvgIpc) is 3.05. The number of alkyl carbamates (subject to hydrolysis) is 1. The Morgan fingerprint density at radius 2 is 1.71 bits per heavy atom. The molecule has 1 aromatic heterocycles. The number of amides is 3. The summed E-state index contributed by atoms with van der Waals surface area (Å²) in [7, 11) is -8.87. The molecule has 17 nitrogen and oxygen atoms in total. The van der Waals surface area contributed by atoms with Crippen LogP contribution < -0.4 is 16.0 Å². The molecular weight excluding hydrogens is 681 g/mol. The summed E-state index contributed by atoms with van der Waals surface area (Å²) < 4.78 is 28.6. The van der Waals surface area contributed by atoms with Gasteiger partial charge in [-0.05, 0) is 30.7 Å². The molecule has 1 aliphatic heterocycles. The second kappa shape index (κ2) is 20.6. The minimum absolute atomic E-state index is 0.0886. The van der Waals surface area contributed by atoms with Crippen LogP contribution in [0.4, 0.5) is 4.79 Å². The van der Waals surface area contributed by atoms with E-state index in [0.717, 1.165) is 5.56 Å². The van der Waals surface area contributed by atoms with Crippen molar-refractivity contribution in [2.24, 2.45) is 5.92 Å². The Bertz CT molecular complexity index is 1350. The van der Waals surface area contributed by atoms with Crippen molar-refractivity contribution in [2.75, 3.05) is 39.5 Å². The van der Waals surface area contributed by atoms with Crippen LogP contribution in [0, 0.1) is 5.92 Å². The van der Waals surface area contributed by atoms with Gasteiger partial charge in [-0.1, -0.05) is 44.2 Å². The molecule has 3 amide bonds. The quantitative estimate of drug-likeness (QED) is 0.100. The van der Waals surface area contributed by atoms with Gasteiger partial charge in [-0.2, -0.15) is 0 Å². The fourth-order valence-corrected chi connectivity index (χ4v) is 6.59. The lowest BCUT2D eigenvalue weighted by Gasteiger charge is -2.30. The Labute approximate surface area is 286 Å². The third-order valence-corrected chi connectivity index (χ3v) is 10.2. The Morgan fingerprint density at radius 3 is 2.29 bits per heavy atom. The lowest BCUT2D eigenvalue weighted by atomic mass is 9.73. The Morgan fingerprint density at radius 1 is 1.04 bits per heavy atom.